The largest absolute Gasteiger partial charge is 0.356 e. The summed E-state index contributed by atoms with van der Waals surface area (Å²) in [5, 5.41) is 9.05. The third-order valence-electron chi connectivity index (χ3n) is 4.02. The smallest absolute Gasteiger partial charge is 0.315 e. The second-order valence-electron chi connectivity index (χ2n) is 6.10. The molecule has 0 unspecified atom stereocenters. The van der Waals surface area contributed by atoms with Gasteiger partial charge in [0.25, 0.3) is 10.1 Å². The molecule has 0 aliphatic carbocycles. The summed E-state index contributed by atoms with van der Waals surface area (Å²) in [5.74, 6) is 0.923. The van der Waals surface area contributed by atoms with E-state index in [1.165, 1.54) is 0 Å². The topological polar surface area (TPSA) is 114 Å². The quantitative estimate of drug-likeness (QED) is 0.284. The predicted octanol–water partition coefficient (Wildman–Crippen LogP) is 0.195. The molecule has 138 valence electrons. The minimum Gasteiger partial charge on any atom is -0.356 e. The molecule has 0 aromatic rings. The summed E-state index contributed by atoms with van der Waals surface area (Å²) >= 11 is 1.88. The van der Waals surface area contributed by atoms with Crippen molar-refractivity contribution in [2.24, 2.45) is 0 Å². The second-order valence-corrected chi connectivity index (χ2v) is 9.01. The lowest BCUT2D eigenvalue weighted by Gasteiger charge is -2.16. The van der Waals surface area contributed by atoms with E-state index < -0.39 is 10.1 Å². The standard InChI is InChI=1S/C14H25N3O5S2/c1-24(20,21)22-8-4-7-15-12(18)6-3-2-5-11-13-10(9-23-11)16-14(19)17-13/h10-11,13H,2-9H2,1H3,(H,15,18)(H2,16,17,19)/t10-,11-,13-/m0/s1. The number of unbranched alkanes of at least 4 members (excludes halogenated alkanes) is 1. The van der Waals surface area contributed by atoms with Crippen LogP contribution >= 0.6 is 11.8 Å². The Balaban J connectivity index is 1.48. The number of amides is 3. The van der Waals surface area contributed by atoms with Crippen molar-refractivity contribution in [3.05, 3.63) is 0 Å². The van der Waals surface area contributed by atoms with E-state index in [1.54, 1.807) is 0 Å². The molecule has 3 atom stereocenters. The minimum atomic E-state index is -3.41. The number of hydrogen-bond acceptors (Lipinski definition) is 6. The number of thioether (sulfide) groups is 1. The lowest BCUT2D eigenvalue weighted by Crippen LogP contribution is -2.36. The molecule has 0 aromatic carbocycles. The Bertz CT molecular complexity index is 555. The maximum atomic E-state index is 11.7. The van der Waals surface area contributed by atoms with Gasteiger partial charge in [-0.15, -0.1) is 0 Å². The third-order valence-corrected chi connectivity index (χ3v) is 6.12. The maximum Gasteiger partial charge on any atom is 0.315 e. The number of carbonyl (C=O) groups excluding carboxylic acids is 2. The van der Waals surface area contributed by atoms with E-state index in [2.05, 4.69) is 20.1 Å². The number of urea groups is 1. The van der Waals surface area contributed by atoms with E-state index in [-0.39, 0.29) is 30.6 Å². The molecule has 2 aliphatic rings. The highest BCUT2D eigenvalue weighted by molar-refractivity contribution is 8.00. The lowest BCUT2D eigenvalue weighted by molar-refractivity contribution is -0.121. The van der Waals surface area contributed by atoms with Gasteiger partial charge in [0.15, 0.2) is 0 Å². The van der Waals surface area contributed by atoms with Crippen LogP contribution in [0.3, 0.4) is 0 Å². The van der Waals surface area contributed by atoms with Gasteiger partial charge in [-0.3, -0.25) is 8.98 Å². The molecule has 2 heterocycles. The van der Waals surface area contributed by atoms with Crippen molar-refractivity contribution >= 4 is 33.8 Å². The van der Waals surface area contributed by atoms with Gasteiger partial charge in [-0.1, -0.05) is 6.42 Å². The summed E-state index contributed by atoms with van der Waals surface area (Å²) in [7, 11) is -3.41. The highest BCUT2D eigenvalue weighted by atomic mass is 32.2. The molecule has 0 bridgehead atoms. The summed E-state index contributed by atoms with van der Waals surface area (Å²) in [6, 6.07) is 0.380. The molecule has 3 N–H and O–H groups in total. The van der Waals surface area contributed by atoms with Crippen molar-refractivity contribution in [1.29, 1.82) is 0 Å². The molecular weight excluding hydrogens is 354 g/mol. The van der Waals surface area contributed by atoms with Gasteiger partial charge in [-0.25, -0.2) is 4.79 Å². The van der Waals surface area contributed by atoms with Crippen molar-refractivity contribution in [3.63, 3.8) is 0 Å². The molecule has 2 aliphatic heterocycles. The van der Waals surface area contributed by atoms with Gasteiger partial charge in [0.2, 0.25) is 5.91 Å². The molecule has 2 saturated heterocycles. The lowest BCUT2D eigenvalue weighted by atomic mass is 10.0. The van der Waals surface area contributed by atoms with Crippen LogP contribution in [0.2, 0.25) is 0 Å². The predicted molar refractivity (Wildman–Crippen MR) is 92.4 cm³/mol. The van der Waals surface area contributed by atoms with Crippen molar-refractivity contribution < 1.29 is 22.2 Å². The molecule has 24 heavy (non-hydrogen) atoms. The zero-order chi connectivity index (χ0) is 17.6. The molecule has 2 rings (SSSR count). The van der Waals surface area contributed by atoms with E-state index in [1.807, 2.05) is 11.8 Å². The number of rotatable bonds is 10. The summed E-state index contributed by atoms with van der Waals surface area (Å²) in [6.07, 6.45) is 4.67. The first kappa shape index (κ1) is 19.3. The van der Waals surface area contributed by atoms with E-state index in [4.69, 9.17) is 0 Å². The Labute approximate surface area is 147 Å². The summed E-state index contributed by atoms with van der Waals surface area (Å²) in [5.41, 5.74) is 0. The maximum absolute atomic E-state index is 11.7. The summed E-state index contributed by atoms with van der Waals surface area (Å²) < 4.78 is 26.1. The molecule has 0 spiro atoms. The van der Waals surface area contributed by atoms with E-state index in [9.17, 15) is 18.0 Å². The fourth-order valence-electron chi connectivity index (χ4n) is 2.87. The van der Waals surface area contributed by atoms with Crippen LogP contribution in [-0.4, -0.2) is 62.8 Å². The summed E-state index contributed by atoms with van der Waals surface area (Å²) in [6.45, 7) is 0.495. The molecule has 2 fully saturated rings. The first-order valence-corrected chi connectivity index (χ1v) is 11.0. The number of hydrogen-bond donors (Lipinski definition) is 3. The average Bonchev–Trinajstić information content (AvgIpc) is 3.01. The van der Waals surface area contributed by atoms with Crippen LogP contribution in [0.25, 0.3) is 0 Å². The molecule has 0 aromatic heterocycles. The van der Waals surface area contributed by atoms with Crippen molar-refractivity contribution in [2.45, 2.75) is 49.4 Å². The van der Waals surface area contributed by atoms with Gasteiger partial charge in [0, 0.05) is 24.0 Å². The van der Waals surface area contributed by atoms with Gasteiger partial charge in [-0.2, -0.15) is 20.2 Å². The van der Waals surface area contributed by atoms with Crippen molar-refractivity contribution in [3.8, 4) is 0 Å². The van der Waals surface area contributed by atoms with Gasteiger partial charge in [0.05, 0.1) is 24.9 Å². The van der Waals surface area contributed by atoms with Crippen LogP contribution in [0.15, 0.2) is 0 Å². The molecule has 10 heteroatoms. The third kappa shape index (κ3) is 6.48. The van der Waals surface area contributed by atoms with Gasteiger partial charge in [-0.05, 0) is 19.3 Å². The Morgan fingerprint density at radius 1 is 1.33 bits per heavy atom. The fourth-order valence-corrected chi connectivity index (χ4v) is 4.84. The van der Waals surface area contributed by atoms with Gasteiger partial charge in [0.1, 0.15) is 0 Å². The molecular formula is C14H25N3O5S2. The van der Waals surface area contributed by atoms with E-state index >= 15 is 0 Å². The molecule has 8 nitrogen and oxygen atoms in total. The van der Waals surface area contributed by atoms with Crippen LogP contribution in [0, 0.1) is 0 Å². The average molecular weight is 380 g/mol. The summed E-state index contributed by atoms with van der Waals surface area (Å²) in [4.78, 5) is 23.0. The Hall–Kier alpha value is -1.00. The fraction of sp³-hybridized carbons (Fsp3) is 0.857. The van der Waals surface area contributed by atoms with Crippen molar-refractivity contribution in [2.75, 3.05) is 25.2 Å². The normalized spacial score (nSPS) is 25.9. The molecule has 3 amide bonds. The number of carbonyl (C=O) groups is 2. The van der Waals surface area contributed by atoms with Gasteiger partial charge < -0.3 is 16.0 Å². The van der Waals surface area contributed by atoms with Crippen LogP contribution in [-0.2, 0) is 19.1 Å². The minimum absolute atomic E-state index is 0.0258. The zero-order valence-corrected chi connectivity index (χ0v) is 15.4. The van der Waals surface area contributed by atoms with E-state index in [0.29, 0.717) is 24.6 Å². The number of nitrogens with one attached hydrogen (secondary N) is 3. The van der Waals surface area contributed by atoms with Gasteiger partial charge >= 0.3 is 6.03 Å². The van der Waals surface area contributed by atoms with Crippen molar-refractivity contribution in [1.82, 2.24) is 16.0 Å². The Kier molecular flexibility index (Phi) is 7.17. The van der Waals surface area contributed by atoms with Crippen LogP contribution < -0.4 is 16.0 Å². The van der Waals surface area contributed by atoms with E-state index in [0.717, 1.165) is 31.3 Å². The Morgan fingerprint density at radius 3 is 2.88 bits per heavy atom. The van der Waals surface area contributed by atoms with Crippen LogP contribution in [0.1, 0.15) is 32.1 Å². The highest BCUT2D eigenvalue weighted by Gasteiger charge is 2.42. The molecule has 0 saturated carbocycles. The molecule has 0 radical (unpaired) electrons. The first-order valence-electron chi connectivity index (χ1n) is 8.15. The highest BCUT2D eigenvalue weighted by Crippen LogP contribution is 2.33. The van der Waals surface area contributed by atoms with Crippen LogP contribution in [0.4, 0.5) is 4.79 Å². The Morgan fingerprint density at radius 2 is 2.12 bits per heavy atom. The monoisotopic (exact) mass is 379 g/mol. The zero-order valence-electron chi connectivity index (χ0n) is 13.7. The van der Waals surface area contributed by atoms with Crippen LogP contribution in [0.5, 0.6) is 0 Å². The second kappa shape index (κ2) is 8.91. The number of fused-ring (bicyclic) bond motifs is 1. The first-order chi connectivity index (χ1) is 11.3. The SMILES string of the molecule is CS(=O)(=O)OCCCNC(=O)CCCC[C@@H]1SC[C@@H]2NC(=O)N[C@@H]21.